The number of hydrogen-bond acceptors (Lipinski definition) is 1. The summed E-state index contributed by atoms with van der Waals surface area (Å²) >= 11 is 0. The Morgan fingerprint density at radius 1 is 0.265 bits per heavy atom. The van der Waals surface area contributed by atoms with Crippen molar-refractivity contribution < 1.29 is 4.42 Å². The summed E-state index contributed by atoms with van der Waals surface area (Å²) in [4.78, 5) is 0. The molecule has 0 aliphatic heterocycles. The molecule has 406 valence electrons. The van der Waals surface area contributed by atoms with Crippen LogP contribution < -0.4 is 0 Å². The third-order valence-corrected chi connectivity index (χ3v) is 18.3. The molecule has 0 atom stereocenters. The van der Waals surface area contributed by atoms with Gasteiger partial charge in [0.25, 0.3) is 0 Å². The molecule has 83 heavy (non-hydrogen) atoms. The molecular weight excluding hydrogens is 1000 g/mol. The molecule has 0 aliphatic carbocycles. The fourth-order valence-corrected chi connectivity index (χ4v) is 13.8. The summed E-state index contributed by atoms with van der Waals surface area (Å²) in [5, 5.41) is 17.0. The summed E-state index contributed by atoms with van der Waals surface area (Å²) in [5.41, 5.74) is 19.0. The minimum absolute atomic E-state index is 0.00294. The lowest BCUT2D eigenvalue weighted by molar-refractivity contribution is 0.590. The van der Waals surface area contributed by atoms with Gasteiger partial charge < -0.3 is 13.6 Å². The average molecular weight is 1080 g/mol. The maximum Gasteiger partial charge on any atom is 0.143 e. The van der Waals surface area contributed by atoms with E-state index in [0.29, 0.717) is 0 Å². The molecule has 0 fully saturated rings. The van der Waals surface area contributed by atoms with Crippen LogP contribution in [0.15, 0.2) is 211 Å². The van der Waals surface area contributed by atoms with Crippen LogP contribution in [0.3, 0.4) is 0 Å². The summed E-state index contributed by atoms with van der Waals surface area (Å²) in [5.74, 6) is 0. The van der Waals surface area contributed by atoms with Crippen LogP contribution in [0.4, 0.5) is 0 Å². The van der Waals surface area contributed by atoms with Crippen molar-refractivity contribution in [2.75, 3.05) is 0 Å². The minimum atomic E-state index is 0.00294. The first-order valence-electron chi connectivity index (χ1n) is 29.7. The van der Waals surface area contributed by atoms with Crippen molar-refractivity contribution in [3.8, 4) is 33.6 Å². The number of para-hydroxylation sites is 1. The van der Waals surface area contributed by atoms with Crippen molar-refractivity contribution in [3.05, 3.63) is 229 Å². The van der Waals surface area contributed by atoms with Crippen LogP contribution in [0.1, 0.15) is 105 Å². The van der Waals surface area contributed by atoms with Gasteiger partial charge in [0.2, 0.25) is 0 Å². The molecule has 3 heteroatoms. The SMILES string of the molecule is CC(C)(C)c1ccc2c(c1)c1cc(C(C)(C)C)ccc1n2-c1c2ccccc2c(-c2ccc3oc4c(-c5c6ccccc6c(-n6c7ccc(C(C)(C)C)cc7c7cc(C(C)(C)C)ccc76)c6ccccc56)cccc4c3c2)c2ccccc12. The third kappa shape index (κ3) is 7.76. The molecule has 0 saturated carbocycles. The summed E-state index contributed by atoms with van der Waals surface area (Å²) in [6, 6.07) is 78.4. The average Bonchev–Trinajstić information content (AvgIpc) is 3.05. The number of hydrogen-bond donors (Lipinski definition) is 0. The summed E-state index contributed by atoms with van der Waals surface area (Å²) in [7, 11) is 0. The standard InChI is InChI=1S/C80H70N2O/c1-77(2,3)48-33-37-67-62(43-48)63-44-49(78(4,5)6)34-38-68(63)81(67)74-56-26-17-13-22-52(56)72(53-23-14-18-27-57(53)74)47-32-41-71-66(42-47)60-30-21-31-61(76(60)83-71)73-54-24-15-19-28-58(54)75(59-29-20-16-25-55(59)73)82-69-39-35-50(79(7,8)9)45-64(69)65-46-51(80(10,11)12)36-40-70(65)82/h13-46H,1-12H3. The van der Waals surface area contributed by atoms with E-state index in [4.69, 9.17) is 4.42 Å². The zero-order chi connectivity index (χ0) is 57.2. The number of furan rings is 1. The molecule has 0 radical (unpaired) electrons. The Bertz CT molecular complexity index is 4980. The van der Waals surface area contributed by atoms with E-state index < -0.39 is 0 Å². The quantitative estimate of drug-likeness (QED) is 0.161. The zero-order valence-electron chi connectivity index (χ0n) is 49.9. The minimum Gasteiger partial charge on any atom is -0.455 e. The molecule has 0 bridgehead atoms. The number of benzene rings is 12. The van der Waals surface area contributed by atoms with Crippen molar-refractivity contribution in [3.63, 3.8) is 0 Å². The van der Waals surface area contributed by atoms with Gasteiger partial charge in [-0.2, -0.15) is 0 Å². The van der Waals surface area contributed by atoms with Crippen molar-refractivity contribution in [2.24, 2.45) is 0 Å². The van der Waals surface area contributed by atoms with Crippen molar-refractivity contribution in [1.29, 1.82) is 0 Å². The molecule has 3 nitrogen and oxygen atoms in total. The maximum absolute atomic E-state index is 7.20. The van der Waals surface area contributed by atoms with Crippen molar-refractivity contribution in [2.45, 2.75) is 105 Å². The lowest BCUT2D eigenvalue weighted by Crippen LogP contribution is -2.10. The molecule has 15 aromatic rings. The Morgan fingerprint density at radius 2 is 0.590 bits per heavy atom. The maximum atomic E-state index is 7.20. The van der Waals surface area contributed by atoms with Crippen molar-refractivity contribution >= 4 is 109 Å². The first-order valence-corrected chi connectivity index (χ1v) is 29.7. The molecular formula is C80H70N2O. The van der Waals surface area contributed by atoms with Gasteiger partial charge in [-0.05, 0) is 137 Å². The van der Waals surface area contributed by atoms with Crippen LogP contribution in [-0.4, -0.2) is 9.13 Å². The molecule has 0 unspecified atom stereocenters. The third-order valence-electron chi connectivity index (χ3n) is 18.3. The number of aromatic nitrogens is 2. The van der Waals surface area contributed by atoms with Crippen LogP contribution in [0.2, 0.25) is 0 Å². The first-order chi connectivity index (χ1) is 39.7. The first kappa shape index (κ1) is 51.0. The number of fused-ring (bicyclic) bond motifs is 13. The molecule has 0 aliphatic rings. The Hall–Kier alpha value is -8.92. The predicted octanol–water partition coefficient (Wildman–Crippen LogP) is 22.9. The van der Waals surface area contributed by atoms with E-state index in [1.165, 1.54) is 131 Å². The Balaban J connectivity index is 0.946. The second-order valence-electron chi connectivity index (χ2n) is 27.7. The topological polar surface area (TPSA) is 23.0 Å². The molecule has 0 N–H and O–H groups in total. The summed E-state index contributed by atoms with van der Waals surface area (Å²) in [6.07, 6.45) is 0. The van der Waals surface area contributed by atoms with Gasteiger partial charge in [-0.25, -0.2) is 0 Å². The summed E-state index contributed by atoms with van der Waals surface area (Å²) < 4.78 is 12.3. The molecule has 0 saturated heterocycles. The van der Waals surface area contributed by atoms with E-state index in [-0.39, 0.29) is 21.7 Å². The predicted molar refractivity (Wildman–Crippen MR) is 358 cm³/mol. The highest BCUT2D eigenvalue weighted by molar-refractivity contribution is 6.25. The van der Waals surface area contributed by atoms with Crippen LogP contribution in [-0.2, 0) is 21.7 Å². The lowest BCUT2D eigenvalue weighted by Gasteiger charge is -2.21. The van der Waals surface area contributed by atoms with E-state index in [9.17, 15) is 0 Å². The number of nitrogens with zero attached hydrogens (tertiary/aromatic N) is 2. The van der Waals surface area contributed by atoms with Crippen LogP contribution in [0.25, 0.3) is 142 Å². The van der Waals surface area contributed by atoms with Gasteiger partial charge in [0.15, 0.2) is 0 Å². The normalized spacial score (nSPS) is 13.1. The summed E-state index contributed by atoms with van der Waals surface area (Å²) in [6.45, 7) is 27.8. The van der Waals surface area contributed by atoms with E-state index in [1.54, 1.807) is 0 Å². The van der Waals surface area contributed by atoms with Gasteiger partial charge in [-0.15, -0.1) is 0 Å². The Kier molecular flexibility index (Phi) is 10.9. The van der Waals surface area contributed by atoms with Crippen LogP contribution in [0.5, 0.6) is 0 Å². The van der Waals surface area contributed by atoms with E-state index >= 15 is 0 Å². The van der Waals surface area contributed by atoms with E-state index in [1.807, 2.05) is 0 Å². The molecule has 3 aromatic heterocycles. The van der Waals surface area contributed by atoms with Gasteiger partial charge >= 0.3 is 0 Å². The number of rotatable bonds is 4. The lowest BCUT2D eigenvalue weighted by atomic mass is 9.85. The molecule has 15 rings (SSSR count). The molecule has 12 aromatic carbocycles. The van der Waals surface area contributed by atoms with Gasteiger partial charge in [0.05, 0.1) is 33.4 Å². The fourth-order valence-electron chi connectivity index (χ4n) is 13.8. The largest absolute Gasteiger partial charge is 0.455 e. The van der Waals surface area contributed by atoms with E-state index in [2.05, 4.69) is 298 Å². The van der Waals surface area contributed by atoms with Crippen LogP contribution in [0, 0.1) is 0 Å². The zero-order valence-corrected chi connectivity index (χ0v) is 49.9. The molecule has 3 heterocycles. The van der Waals surface area contributed by atoms with Gasteiger partial charge in [-0.1, -0.05) is 229 Å². The smallest absolute Gasteiger partial charge is 0.143 e. The second-order valence-corrected chi connectivity index (χ2v) is 27.7. The Labute approximate surface area is 486 Å². The molecule has 0 amide bonds. The fraction of sp³-hybridized carbons (Fsp3) is 0.200. The monoisotopic (exact) mass is 1070 g/mol. The Morgan fingerprint density at radius 3 is 0.940 bits per heavy atom. The van der Waals surface area contributed by atoms with Crippen molar-refractivity contribution in [1.82, 2.24) is 9.13 Å². The van der Waals surface area contributed by atoms with E-state index in [0.717, 1.165) is 33.1 Å². The highest BCUT2D eigenvalue weighted by Gasteiger charge is 2.28. The van der Waals surface area contributed by atoms with Gasteiger partial charge in [-0.3, -0.25) is 0 Å². The van der Waals surface area contributed by atoms with Gasteiger partial charge in [0, 0.05) is 65.0 Å². The van der Waals surface area contributed by atoms with Crippen LogP contribution >= 0.6 is 0 Å². The second kappa shape index (κ2) is 17.8. The molecule has 0 spiro atoms. The van der Waals surface area contributed by atoms with Gasteiger partial charge in [0.1, 0.15) is 11.2 Å². The highest BCUT2D eigenvalue weighted by atomic mass is 16.3. The highest BCUT2D eigenvalue weighted by Crippen LogP contribution is 2.50.